The van der Waals surface area contributed by atoms with Crippen molar-refractivity contribution in [2.45, 2.75) is 19.2 Å². The number of hydrogen-bond donors (Lipinski definition) is 1. The van der Waals surface area contributed by atoms with Gasteiger partial charge in [-0.2, -0.15) is 13.2 Å². The Labute approximate surface area is 99.7 Å². The van der Waals surface area contributed by atoms with Gasteiger partial charge in [-0.25, -0.2) is 0 Å². The van der Waals surface area contributed by atoms with Crippen molar-refractivity contribution in [1.82, 2.24) is 0 Å². The van der Waals surface area contributed by atoms with Crippen molar-refractivity contribution in [3.8, 4) is 5.75 Å². The lowest BCUT2D eigenvalue weighted by atomic mass is 10.2. The number of rotatable bonds is 3. The van der Waals surface area contributed by atoms with Gasteiger partial charge in [-0.05, 0) is 30.7 Å². The van der Waals surface area contributed by atoms with Crippen LogP contribution in [0.25, 0.3) is 0 Å². The van der Waals surface area contributed by atoms with E-state index in [2.05, 4.69) is 15.9 Å². The van der Waals surface area contributed by atoms with Gasteiger partial charge in [0.05, 0.1) is 0 Å². The summed E-state index contributed by atoms with van der Waals surface area (Å²) >= 11 is 3.25. The summed E-state index contributed by atoms with van der Waals surface area (Å²) in [6, 6.07) is 4.62. The molecule has 0 fully saturated rings. The molecule has 1 rings (SSSR count). The first-order chi connectivity index (χ1) is 7.34. The number of aryl methyl sites for hydroxylation is 1. The molecule has 90 valence electrons. The number of ether oxygens (including phenoxy) is 1. The molecule has 0 amide bonds. The summed E-state index contributed by atoms with van der Waals surface area (Å²) in [4.78, 5) is 0. The normalized spacial score (nSPS) is 13.6. The molecule has 0 radical (unpaired) electrons. The lowest BCUT2D eigenvalue weighted by molar-refractivity contribution is -0.191. The summed E-state index contributed by atoms with van der Waals surface area (Å²) in [6.07, 6.45) is -6.41. The van der Waals surface area contributed by atoms with Crippen LogP contribution in [0.15, 0.2) is 22.7 Å². The van der Waals surface area contributed by atoms with Crippen LogP contribution in [-0.2, 0) is 0 Å². The molecule has 0 heterocycles. The van der Waals surface area contributed by atoms with Crippen LogP contribution in [0.3, 0.4) is 0 Å². The van der Waals surface area contributed by atoms with Crippen LogP contribution in [0.1, 0.15) is 5.56 Å². The molecule has 2 N–H and O–H groups in total. The van der Waals surface area contributed by atoms with Crippen molar-refractivity contribution in [1.29, 1.82) is 0 Å². The smallest absolute Gasteiger partial charge is 0.426 e. The first-order valence-electron chi connectivity index (χ1n) is 4.54. The summed E-state index contributed by atoms with van der Waals surface area (Å²) in [5.41, 5.74) is 5.82. The fraction of sp³-hybridized carbons (Fsp3) is 0.400. The summed E-state index contributed by atoms with van der Waals surface area (Å²) in [5.74, 6) is 0.161. The lowest BCUT2D eigenvalue weighted by Crippen LogP contribution is -2.40. The molecule has 1 aromatic carbocycles. The van der Waals surface area contributed by atoms with Gasteiger partial charge >= 0.3 is 6.18 Å². The Hall–Kier alpha value is -0.750. The highest BCUT2D eigenvalue weighted by molar-refractivity contribution is 9.10. The molecule has 1 atom stereocenters. The first-order valence-corrected chi connectivity index (χ1v) is 5.33. The Morgan fingerprint density at radius 3 is 2.50 bits per heavy atom. The highest BCUT2D eigenvalue weighted by Gasteiger charge is 2.40. The predicted molar refractivity (Wildman–Crippen MR) is 58.4 cm³/mol. The number of nitrogens with two attached hydrogens (primary N) is 1. The van der Waals surface area contributed by atoms with Crippen LogP contribution in [-0.4, -0.2) is 18.8 Å². The second-order valence-electron chi connectivity index (χ2n) is 3.29. The quantitative estimate of drug-likeness (QED) is 0.931. The second-order valence-corrected chi connectivity index (χ2v) is 4.15. The molecule has 16 heavy (non-hydrogen) atoms. The van der Waals surface area contributed by atoms with Gasteiger partial charge in [0, 0.05) is 11.0 Å². The lowest BCUT2D eigenvalue weighted by Gasteiger charge is -2.20. The van der Waals surface area contributed by atoms with Gasteiger partial charge in [-0.1, -0.05) is 15.9 Å². The SMILES string of the molecule is Cc1cc(OC(CN)C(F)(F)F)ccc1Br. The van der Waals surface area contributed by atoms with Gasteiger partial charge < -0.3 is 10.5 Å². The van der Waals surface area contributed by atoms with E-state index in [0.717, 1.165) is 10.0 Å². The van der Waals surface area contributed by atoms with Gasteiger partial charge in [0.1, 0.15) is 5.75 Å². The maximum atomic E-state index is 12.4. The van der Waals surface area contributed by atoms with Crippen molar-refractivity contribution in [2.75, 3.05) is 6.54 Å². The zero-order valence-corrected chi connectivity index (χ0v) is 10.1. The minimum Gasteiger partial charge on any atom is -0.480 e. The Morgan fingerprint density at radius 1 is 1.44 bits per heavy atom. The standard InChI is InChI=1S/C10H11BrF3NO/c1-6-4-7(2-3-8(6)11)16-9(5-15)10(12,13)14/h2-4,9H,5,15H2,1H3. The number of halogens is 4. The zero-order chi connectivity index (χ0) is 12.3. The average molecular weight is 298 g/mol. The molecule has 6 heteroatoms. The van der Waals surface area contributed by atoms with E-state index in [-0.39, 0.29) is 5.75 Å². The molecule has 0 saturated heterocycles. The molecule has 0 aliphatic heterocycles. The van der Waals surface area contributed by atoms with Crippen molar-refractivity contribution < 1.29 is 17.9 Å². The van der Waals surface area contributed by atoms with E-state index >= 15 is 0 Å². The molecular weight excluding hydrogens is 287 g/mol. The molecule has 0 aliphatic carbocycles. The van der Waals surface area contributed by atoms with Crippen molar-refractivity contribution in [3.05, 3.63) is 28.2 Å². The Morgan fingerprint density at radius 2 is 2.06 bits per heavy atom. The fourth-order valence-electron chi connectivity index (χ4n) is 1.10. The molecule has 1 aromatic rings. The van der Waals surface area contributed by atoms with E-state index in [1.807, 2.05) is 0 Å². The second kappa shape index (κ2) is 5.05. The zero-order valence-electron chi connectivity index (χ0n) is 8.51. The van der Waals surface area contributed by atoms with Crippen LogP contribution in [0.4, 0.5) is 13.2 Å². The van der Waals surface area contributed by atoms with E-state index in [4.69, 9.17) is 10.5 Å². The van der Waals surface area contributed by atoms with Crippen LogP contribution >= 0.6 is 15.9 Å². The highest BCUT2D eigenvalue weighted by atomic mass is 79.9. The summed E-state index contributed by atoms with van der Waals surface area (Å²) in [5, 5.41) is 0. The van der Waals surface area contributed by atoms with Crippen LogP contribution in [0.5, 0.6) is 5.75 Å². The van der Waals surface area contributed by atoms with Crippen molar-refractivity contribution >= 4 is 15.9 Å². The van der Waals surface area contributed by atoms with Gasteiger partial charge in [-0.3, -0.25) is 0 Å². The molecule has 0 aromatic heterocycles. The van der Waals surface area contributed by atoms with Crippen LogP contribution < -0.4 is 10.5 Å². The first kappa shape index (κ1) is 13.3. The minimum absolute atomic E-state index is 0.161. The summed E-state index contributed by atoms with van der Waals surface area (Å²) in [6.45, 7) is 1.17. The third-order valence-electron chi connectivity index (χ3n) is 1.99. The number of benzene rings is 1. The Balaban J connectivity index is 2.83. The summed E-state index contributed by atoms with van der Waals surface area (Å²) in [7, 11) is 0. The number of alkyl halides is 3. The molecule has 0 saturated carbocycles. The van der Waals surface area contributed by atoms with Gasteiger partial charge in [0.25, 0.3) is 0 Å². The fourth-order valence-corrected chi connectivity index (χ4v) is 1.35. The molecule has 1 unspecified atom stereocenters. The van der Waals surface area contributed by atoms with E-state index in [1.54, 1.807) is 13.0 Å². The Kier molecular flexibility index (Phi) is 4.21. The summed E-state index contributed by atoms with van der Waals surface area (Å²) < 4.78 is 42.7. The molecule has 0 bridgehead atoms. The Bertz CT molecular complexity index is 368. The predicted octanol–water partition coefficient (Wildman–Crippen LogP) is 3.03. The van der Waals surface area contributed by atoms with Gasteiger partial charge in [0.2, 0.25) is 6.10 Å². The van der Waals surface area contributed by atoms with E-state index in [9.17, 15) is 13.2 Å². The van der Waals surface area contributed by atoms with Crippen LogP contribution in [0.2, 0.25) is 0 Å². The largest absolute Gasteiger partial charge is 0.480 e. The van der Waals surface area contributed by atoms with Gasteiger partial charge in [-0.15, -0.1) is 0 Å². The third kappa shape index (κ3) is 3.38. The minimum atomic E-state index is -4.45. The molecule has 2 nitrogen and oxygen atoms in total. The van der Waals surface area contributed by atoms with Crippen LogP contribution in [0, 0.1) is 6.92 Å². The van der Waals surface area contributed by atoms with E-state index < -0.39 is 18.8 Å². The molecule has 0 aliphatic rings. The van der Waals surface area contributed by atoms with Crippen molar-refractivity contribution in [2.24, 2.45) is 5.73 Å². The average Bonchev–Trinajstić information content (AvgIpc) is 2.18. The maximum Gasteiger partial charge on any atom is 0.426 e. The topological polar surface area (TPSA) is 35.2 Å². The highest BCUT2D eigenvalue weighted by Crippen LogP contribution is 2.27. The molecule has 0 spiro atoms. The maximum absolute atomic E-state index is 12.4. The number of hydrogen-bond acceptors (Lipinski definition) is 2. The third-order valence-corrected chi connectivity index (χ3v) is 2.88. The van der Waals surface area contributed by atoms with E-state index in [0.29, 0.717) is 0 Å². The van der Waals surface area contributed by atoms with Crippen molar-refractivity contribution in [3.63, 3.8) is 0 Å². The van der Waals surface area contributed by atoms with Gasteiger partial charge in [0.15, 0.2) is 0 Å². The van der Waals surface area contributed by atoms with E-state index in [1.165, 1.54) is 12.1 Å². The molecular formula is C10H11BrF3NO. The monoisotopic (exact) mass is 297 g/mol.